The van der Waals surface area contributed by atoms with Gasteiger partial charge in [0.05, 0.1) is 17.9 Å². The molecule has 0 bridgehead atoms. The first-order valence-corrected chi connectivity index (χ1v) is 10.9. The fourth-order valence-corrected chi connectivity index (χ4v) is 3.63. The molecule has 0 unspecified atom stereocenters. The van der Waals surface area contributed by atoms with Gasteiger partial charge >= 0.3 is 0 Å². The van der Waals surface area contributed by atoms with Gasteiger partial charge in [0.1, 0.15) is 5.75 Å². The zero-order valence-electron chi connectivity index (χ0n) is 16.1. The summed E-state index contributed by atoms with van der Waals surface area (Å²) in [5.74, 6) is 1.03. The van der Waals surface area contributed by atoms with Gasteiger partial charge < -0.3 is 10.1 Å². The summed E-state index contributed by atoms with van der Waals surface area (Å²) in [6, 6.07) is 13.5. The maximum absolute atomic E-state index is 12.6. The molecular formula is C21H26N2O4S. The number of nitrogens with one attached hydrogen (secondary N) is 2. The maximum atomic E-state index is 12.6. The minimum absolute atomic E-state index is 0.00407. The number of carbonyl (C=O) groups excluding carboxylic acids is 1. The molecule has 150 valence electrons. The number of amides is 1. The third kappa shape index (κ3) is 5.99. The van der Waals surface area contributed by atoms with Gasteiger partial charge in [0, 0.05) is 11.7 Å². The third-order valence-corrected chi connectivity index (χ3v) is 5.63. The van der Waals surface area contributed by atoms with Crippen LogP contribution in [0.4, 0.5) is 5.69 Å². The highest BCUT2D eigenvalue weighted by molar-refractivity contribution is 7.92. The Balaban J connectivity index is 1.59. The fraction of sp³-hybridized carbons (Fsp3) is 0.381. The number of carbonyl (C=O) groups is 1. The van der Waals surface area contributed by atoms with E-state index in [2.05, 4.69) is 10.0 Å². The normalized spacial score (nSPS) is 14.0. The van der Waals surface area contributed by atoms with Crippen LogP contribution in [0.1, 0.15) is 32.3 Å². The molecule has 3 rings (SSSR count). The Morgan fingerprint density at radius 3 is 2.29 bits per heavy atom. The van der Waals surface area contributed by atoms with Gasteiger partial charge in [-0.3, -0.25) is 9.52 Å². The van der Waals surface area contributed by atoms with Crippen molar-refractivity contribution in [1.82, 2.24) is 5.32 Å². The van der Waals surface area contributed by atoms with Crippen LogP contribution in [0.5, 0.6) is 5.75 Å². The first kappa shape index (κ1) is 20.2. The second kappa shape index (κ2) is 8.65. The molecule has 6 nitrogen and oxygen atoms in total. The summed E-state index contributed by atoms with van der Waals surface area (Å²) < 4.78 is 33.2. The van der Waals surface area contributed by atoms with Gasteiger partial charge in [-0.05, 0) is 60.7 Å². The van der Waals surface area contributed by atoms with Crippen LogP contribution in [-0.4, -0.2) is 27.0 Å². The van der Waals surface area contributed by atoms with Gasteiger partial charge in [-0.1, -0.05) is 26.0 Å². The Labute approximate surface area is 166 Å². The second-order valence-electron chi connectivity index (χ2n) is 7.50. The Kier molecular flexibility index (Phi) is 6.24. The van der Waals surface area contributed by atoms with Crippen LogP contribution < -0.4 is 14.8 Å². The lowest BCUT2D eigenvalue weighted by Crippen LogP contribution is -2.26. The van der Waals surface area contributed by atoms with Crippen molar-refractivity contribution in [2.45, 2.75) is 44.0 Å². The van der Waals surface area contributed by atoms with Gasteiger partial charge in [-0.25, -0.2) is 8.42 Å². The van der Waals surface area contributed by atoms with Gasteiger partial charge in [-0.2, -0.15) is 0 Å². The van der Waals surface area contributed by atoms with Crippen molar-refractivity contribution in [3.63, 3.8) is 0 Å². The zero-order chi connectivity index (χ0) is 20.1. The van der Waals surface area contributed by atoms with E-state index in [0.29, 0.717) is 36.4 Å². The van der Waals surface area contributed by atoms with E-state index in [1.165, 1.54) is 12.1 Å². The number of benzene rings is 2. The van der Waals surface area contributed by atoms with Crippen LogP contribution >= 0.6 is 0 Å². The predicted octanol–water partition coefficient (Wildman–Crippen LogP) is 3.34. The van der Waals surface area contributed by atoms with E-state index < -0.39 is 10.0 Å². The highest BCUT2D eigenvalue weighted by Crippen LogP contribution is 2.21. The van der Waals surface area contributed by atoms with Crippen molar-refractivity contribution in [3.05, 3.63) is 54.1 Å². The number of anilines is 1. The summed E-state index contributed by atoms with van der Waals surface area (Å²) in [7, 11) is -3.69. The van der Waals surface area contributed by atoms with Crippen molar-refractivity contribution in [2.75, 3.05) is 11.3 Å². The second-order valence-corrected chi connectivity index (χ2v) is 9.18. The lowest BCUT2D eigenvalue weighted by Gasteiger charge is -2.11. The summed E-state index contributed by atoms with van der Waals surface area (Å²) in [5.41, 5.74) is 1.29. The molecule has 0 atom stereocenters. The number of ether oxygens (including phenoxy) is 1. The molecule has 1 fully saturated rings. The van der Waals surface area contributed by atoms with Gasteiger partial charge in [0.2, 0.25) is 5.91 Å². The van der Waals surface area contributed by atoms with Crippen LogP contribution in [0.25, 0.3) is 0 Å². The molecule has 0 saturated heterocycles. The third-order valence-electron chi connectivity index (χ3n) is 4.23. The van der Waals surface area contributed by atoms with Gasteiger partial charge in [-0.15, -0.1) is 0 Å². The van der Waals surface area contributed by atoms with E-state index >= 15 is 0 Å². The van der Waals surface area contributed by atoms with Crippen molar-refractivity contribution in [1.29, 1.82) is 0 Å². The highest BCUT2D eigenvalue weighted by atomic mass is 32.2. The smallest absolute Gasteiger partial charge is 0.261 e. The SMILES string of the molecule is CC(C)COc1ccc(S(=O)(=O)Nc2ccc(CC(=O)NC3CC3)cc2)cc1. The highest BCUT2D eigenvalue weighted by Gasteiger charge is 2.23. The summed E-state index contributed by atoms with van der Waals surface area (Å²) in [5, 5.41) is 2.94. The van der Waals surface area contributed by atoms with Crippen molar-refractivity contribution in [3.8, 4) is 5.75 Å². The molecule has 1 aliphatic carbocycles. The average Bonchev–Trinajstić information content (AvgIpc) is 3.45. The molecule has 1 saturated carbocycles. The zero-order valence-corrected chi connectivity index (χ0v) is 17.0. The van der Waals surface area contributed by atoms with Crippen molar-refractivity contribution < 1.29 is 17.9 Å². The molecule has 1 amide bonds. The number of rotatable bonds is 9. The molecule has 0 aromatic heterocycles. The Hall–Kier alpha value is -2.54. The molecule has 2 N–H and O–H groups in total. The van der Waals surface area contributed by atoms with Crippen LogP contribution in [0.2, 0.25) is 0 Å². The lowest BCUT2D eigenvalue weighted by atomic mass is 10.1. The molecule has 0 radical (unpaired) electrons. The van der Waals surface area contributed by atoms with Crippen LogP contribution in [-0.2, 0) is 21.2 Å². The van der Waals surface area contributed by atoms with E-state index in [1.54, 1.807) is 36.4 Å². The Morgan fingerprint density at radius 2 is 1.71 bits per heavy atom. The van der Waals surface area contributed by atoms with Crippen LogP contribution in [0, 0.1) is 5.92 Å². The predicted molar refractivity (Wildman–Crippen MR) is 109 cm³/mol. The number of hydrogen-bond donors (Lipinski definition) is 2. The molecule has 7 heteroatoms. The summed E-state index contributed by atoms with van der Waals surface area (Å²) in [6.45, 7) is 4.68. The first-order valence-electron chi connectivity index (χ1n) is 9.46. The van der Waals surface area contributed by atoms with E-state index in [4.69, 9.17) is 4.74 Å². The quantitative estimate of drug-likeness (QED) is 0.674. The molecule has 0 heterocycles. The Morgan fingerprint density at radius 1 is 1.07 bits per heavy atom. The van der Waals surface area contributed by atoms with Crippen molar-refractivity contribution >= 4 is 21.6 Å². The van der Waals surface area contributed by atoms with Crippen LogP contribution in [0.3, 0.4) is 0 Å². The molecule has 2 aromatic rings. The van der Waals surface area contributed by atoms with Crippen molar-refractivity contribution in [2.24, 2.45) is 5.92 Å². The van der Waals surface area contributed by atoms with Crippen LogP contribution in [0.15, 0.2) is 53.4 Å². The summed E-state index contributed by atoms with van der Waals surface area (Å²) >= 11 is 0. The minimum atomic E-state index is -3.69. The standard InChI is InChI=1S/C21H26N2O4S/c1-15(2)14-27-19-9-11-20(12-10-19)28(25,26)23-18-5-3-16(4-6-18)13-21(24)22-17-7-8-17/h3-6,9-12,15,17,23H,7-8,13-14H2,1-2H3,(H,22,24). The monoisotopic (exact) mass is 402 g/mol. The fourth-order valence-electron chi connectivity index (χ4n) is 2.57. The number of sulfonamides is 1. The largest absolute Gasteiger partial charge is 0.493 e. The molecule has 0 aliphatic heterocycles. The first-order chi connectivity index (χ1) is 13.3. The van der Waals surface area contributed by atoms with E-state index in [-0.39, 0.29) is 10.8 Å². The molecule has 1 aliphatic rings. The lowest BCUT2D eigenvalue weighted by molar-refractivity contribution is -0.120. The maximum Gasteiger partial charge on any atom is 0.261 e. The summed E-state index contributed by atoms with van der Waals surface area (Å²) in [6.07, 6.45) is 2.40. The van der Waals surface area contributed by atoms with Gasteiger partial charge in [0.15, 0.2) is 0 Å². The minimum Gasteiger partial charge on any atom is -0.493 e. The van der Waals surface area contributed by atoms with E-state index in [0.717, 1.165) is 18.4 Å². The number of hydrogen-bond acceptors (Lipinski definition) is 4. The van der Waals surface area contributed by atoms with E-state index in [9.17, 15) is 13.2 Å². The van der Waals surface area contributed by atoms with E-state index in [1.807, 2.05) is 13.8 Å². The topological polar surface area (TPSA) is 84.5 Å². The Bertz CT molecular complexity index is 902. The molecule has 2 aromatic carbocycles. The molecule has 28 heavy (non-hydrogen) atoms. The molecule has 0 spiro atoms. The van der Waals surface area contributed by atoms with Gasteiger partial charge in [0.25, 0.3) is 10.0 Å². The summed E-state index contributed by atoms with van der Waals surface area (Å²) in [4.78, 5) is 12.0. The molecular weight excluding hydrogens is 376 g/mol. The average molecular weight is 403 g/mol.